The van der Waals surface area contributed by atoms with Gasteiger partial charge in [-0.25, -0.2) is 0 Å². The second-order valence-corrected chi connectivity index (χ2v) is 5.39. The maximum atomic E-state index is 5.75. The van der Waals surface area contributed by atoms with Gasteiger partial charge < -0.3 is 10.6 Å². The van der Waals surface area contributed by atoms with Crippen molar-refractivity contribution in [2.45, 2.75) is 18.8 Å². The van der Waals surface area contributed by atoms with Gasteiger partial charge >= 0.3 is 0 Å². The van der Waals surface area contributed by atoms with Gasteiger partial charge in [-0.1, -0.05) is 24.3 Å². The Hall–Kier alpha value is -1.87. The molecule has 0 amide bonds. The molecule has 1 atom stereocenters. The summed E-state index contributed by atoms with van der Waals surface area (Å²) in [6.07, 6.45) is 5.89. The number of nitrogens with two attached hydrogens (primary N) is 1. The maximum Gasteiger partial charge on any atom is 0.0402 e. The first kappa shape index (κ1) is 13.1. The Balaban J connectivity index is 1.72. The van der Waals surface area contributed by atoms with Crippen molar-refractivity contribution in [2.24, 2.45) is 5.73 Å². The lowest BCUT2D eigenvalue weighted by molar-refractivity contribution is 0.643. The van der Waals surface area contributed by atoms with E-state index in [0.717, 1.165) is 32.5 Å². The first-order chi connectivity index (χ1) is 9.88. The van der Waals surface area contributed by atoms with Gasteiger partial charge in [0.1, 0.15) is 0 Å². The first-order valence-electron chi connectivity index (χ1n) is 7.31. The number of pyridine rings is 1. The molecule has 1 unspecified atom stereocenters. The molecule has 0 aliphatic carbocycles. The standard InChI is InChI=1S/C17H21N3/c18-9-7-15-13-20(17-6-2-1-5-16(15)17)11-8-14-4-3-10-19-12-14/h1-6,10,12,15H,7-9,11,13,18H2. The van der Waals surface area contributed by atoms with Crippen molar-refractivity contribution in [1.82, 2.24) is 4.98 Å². The first-order valence-corrected chi connectivity index (χ1v) is 7.31. The quantitative estimate of drug-likeness (QED) is 0.905. The fourth-order valence-corrected chi connectivity index (χ4v) is 3.05. The van der Waals surface area contributed by atoms with Crippen LogP contribution in [0.5, 0.6) is 0 Å². The number of para-hydroxylation sites is 1. The molecule has 20 heavy (non-hydrogen) atoms. The third-order valence-corrected chi connectivity index (χ3v) is 4.07. The van der Waals surface area contributed by atoms with Crippen molar-refractivity contribution in [3.8, 4) is 0 Å². The average Bonchev–Trinajstić information content (AvgIpc) is 2.85. The Morgan fingerprint density at radius 2 is 2.10 bits per heavy atom. The van der Waals surface area contributed by atoms with Gasteiger partial charge in [-0.15, -0.1) is 0 Å². The van der Waals surface area contributed by atoms with Crippen LogP contribution in [0.4, 0.5) is 5.69 Å². The highest BCUT2D eigenvalue weighted by Gasteiger charge is 2.27. The summed E-state index contributed by atoms with van der Waals surface area (Å²) in [4.78, 5) is 6.67. The Morgan fingerprint density at radius 1 is 1.20 bits per heavy atom. The Kier molecular flexibility index (Phi) is 3.97. The summed E-state index contributed by atoms with van der Waals surface area (Å²) in [6.45, 7) is 2.90. The van der Waals surface area contributed by atoms with E-state index < -0.39 is 0 Å². The Labute approximate surface area is 120 Å². The van der Waals surface area contributed by atoms with Crippen LogP contribution in [0.2, 0.25) is 0 Å². The number of aromatic nitrogens is 1. The summed E-state index contributed by atoms with van der Waals surface area (Å²) in [5.74, 6) is 0.588. The summed E-state index contributed by atoms with van der Waals surface area (Å²) >= 11 is 0. The highest BCUT2D eigenvalue weighted by molar-refractivity contribution is 5.60. The molecule has 1 aromatic heterocycles. The zero-order chi connectivity index (χ0) is 13.8. The predicted octanol–water partition coefficient (Wildman–Crippen LogP) is 2.58. The van der Waals surface area contributed by atoms with E-state index in [2.05, 4.69) is 40.2 Å². The lowest BCUT2D eigenvalue weighted by atomic mass is 9.98. The van der Waals surface area contributed by atoms with Gasteiger partial charge in [0.2, 0.25) is 0 Å². The van der Waals surface area contributed by atoms with Crippen molar-refractivity contribution in [3.05, 3.63) is 59.9 Å². The molecule has 1 aliphatic rings. The number of fused-ring (bicyclic) bond motifs is 1. The smallest absolute Gasteiger partial charge is 0.0402 e. The molecule has 0 spiro atoms. The van der Waals surface area contributed by atoms with Gasteiger partial charge in [0.15, 0.2) is 0 Å². The molecular formula is C17H21N3. The van der Waals surface area contributed by atoms with Crippen molar-refractivity contribution in [3.63, 3.8) is 0 Å². The molecule has 0 saturated heterocycles. The van der Waals surface area contributed by atoms with E-state index in [1.165, 1.54) is 16.8 Å². The minimum absolute atomic E-state index is 0.588. The molecule has 2 N–H and O–H groups in total. The summed E-state index contributed by atoms with van der Waals surface area (Å²) < 4.78 is 0. The van der Waals surface area contributed by atoms with Crippen LogP contribution in [0.1, 0.15) is 23.5 Å². The molecule has 0 radical (unpaired) electrons. The van der Waals surface area contributed by atoms with Gasteiger partial charge in [0.25, 0.3) is 0 Å². The summed E-state index contributed by atoms with van der Waals surface area (Å²) in [5, 5.41) is 0. The molecule has 2 heterocycles. The third kappa shape index (κ3) is 2.68. The van der Waals surface area contributed by atoms with Crippen LogP contribution < -0.4 is 10.6 Å². The van der Waals surface area contributed by atoms with Crippen molar-refractivity contribution < 1.29 is 0 Å². The van der Waals surface area contributed by atoms with Crippen LogP contribution in [0.3, 0.4) is 0 Å². The normalized spacial score (nSPS) is 17.2. The van der Waals surface area contributed by atoms with Gasteiger partial charge in [-0.05, 0) is 42.6 Å². The van der Waals surface area contributed by atoms with E-state index in [4.69, 9.17) is 5.73 Å². The number of anilines is 1. The van der Waals surface area contributed by atoms with Gasteiger partial charge in [0.05, 0.1) is 0 Å². The van der Waals surface area contributed by atoms with Crippen LogP contribution in [-0.2, 0) is 6.42 Å². The fraction of sp³-hybridized carbons (Fsp3) is 0.353. The molecule has 2 aromatic rings. The Bertz CT molecular complexity index is 553. The van der Waals surface area contributed by atoms with E-state index in [-0.39, 0.29) is 0 Å². The second-order valence-electron chi connectivity index (χ2n) is 5.39. The van der Waals surface area contributed by atoms with Crippen molar-refractivity contribution in [2.75, 3.05) is 24.5 Å². The lowest BCUT2D eigenvalue weighted by Gasteiger charge is -2.19. The molecule has 1 aliphatic heterocycles. The highest BCUT2D eigenvalue weighted by Crippen LogP contribution is 2.37. The molecule has 3 heteroatoms. The lowest BCUT2D eigenvalue weighted by Crippen LogP contribution is -2.25. The molecule has 3 rings (SSSR count). The van der Waals surface area contributed by atoms with Crippen LogP contribution in [0.15, 0.2) is 48.8 Å². The van der Waals surface area contributed by atoms with E-state index in [9.17, 15) is 0 Å². The number of nitrogens with zero attached hydrogens (tertiary/aromatic N) is 2. The van der Waals surface area contributed by atoms with Gasteiger partial charge in [0, 0.05) is 37.1 Å². The minimum Gasteiger partial charge on any atom is -0.370 e. The molecular weight excluding hydrogens is 246 g/mol. The second kappa shape index (κ2) is 6.06. The predicted molar refractivity (Wildman–Crippen MR) is 83.0 cm³/mol. The van der Waals surface area contributed by atoms with Gasteiger partial charge in [-0.3, -0.25) is 4.98 Å². The highest BCUT2D eigenvalue weighted by atomic mass is 15.2. The topological polar surface area (TPSA) is 42.1 Å². The largest absolute Gasteiger partial charge is 0.370 e. The zero-order valence-corrected chi connectivity index (χ0v) is 11.7. The van der Waals surface area contributed by atoms with Crippen LogP contribution >= 0.6 is 0 Å². The molecule has 0 fully saturated rings. The van der Waals surface area contributed by atoms with E-state index in [1.54, 1.807) is 0 Å². The molecule has 0 saturated carbocycles. The van der Waals surface area contributed by atoms with E-state index >= 15 is 0 Å². The monoisotopic (exact) mass is 267 g/mol. The van der Waals surface area contributed by atoms with Gasteiger partial charge in [-0.2, -0.15) is 0 Å². The maximum absolute atomic E-state index is 5.75. The van der Waals surface area contributed by atoms with Crippen molar-refractivity contribution >= 4 is 5.69 Å². The number of benzene rings is 1. The van der Waals surface area contributed by atoms with Crippen molar-refractivity contribution in [1.29, 1.82) is 0 Å². The number of hydrogen-bond acceptors (Lipinski definition) is 3. The summed E-state index contributed by atoms with van der Waals surface area (Å²) in [6, 6.07) is 12.9. The summed E-state index contributed by atoms with van der Waals surface area (Å²) in [5.41, 5.74) is 9.89. The molecule has 1 aromatic carbocycles. The number of hydrogen-bond donors (Lipinski definition) is 1. The fourth-order valence-electron chi connectivity index (χ4n) is 3.05. The number of rotatable bonds is 5. The Morgan fingerprint density at radius 3 is 2.90 bits per heavy atom. The zero-order valence-electron chi connectivity index (χ0n) is 11.7. The molecule has 104 valence electrons. The minimum atomic E-state index is 0.588. The third-order valence-electron chi connectivity index (χ3n) is 4.07. The van der Waals surface area contributed by atoms with Crippen LogP contribution in [0.25, 0.3) is 0 Å². The summed E-state index contributed by atoms with van der Waals surface area (Å²) in [7, 11) is 0. The molecule has 3 nitrogen and oxygen atoms in total. The van der Waals surface area contributed by atoms with Crippen LogP contribution in [0, 0.1) is 0 Å². The van der Waals surface area contributed by atoms with E-state index in [1.807, 2.05) is 18.5 Å². The SMILES string of the molecule is NCCC1CN(CCc2cccnc2)c2ccccc21. The molecule has 0 bridgehead atoms. The van der Waals surface area contributed by atoms with Crippen LogP contribution in [-0.4, -0.2) is 24.6 Å². The van der Waals surface area contributed by atoms with E-state index in [0.29, 0.717) is 5.92 Å². The average molecular weight is 267 g/mol.